The largest absolute Gasteiger partial charge is 0.418 e. The van der Waals surface area contributed by atoms with E-state index in [4.69, 9.17) is 0 Å². The van der Waals surface area contributed by atoms with Crippen LogP contribution in [0.1, 0.15) is 33.4 Å². The Kier molecular flexibility index (Phi) is 9.57. The molecule has 2 heterocycles. The third kappa shape index (κ3) is 7.28. The first-order valence-electron chi connectivity index (χ1n) is 20.6. The Morgan fingerprint density at radius 2 is 0.738 bits per heavy atom. The quantitative estimate of drug-likeness (QED) is 0.152. The number of hydrogen-bond donors (Lipinski definition) is 0. The van der Waals surface area contributed by atoms with Gasteiger partial charge in [0.25, 0.3) is 0 Å². The minimum absolute atomic E-state index is 0.0462. The summed E-state index contributed by atoms with van der Waals surface area (Å²) in [6.45, 7) is 5.93. The molecule has 8 aromatic carbocycles. The number of hydrogen-bond acceptors (Lipinski definition) is 0. The topological polar surface area (TPSA) is 9.86 Å². The van der Waals surface area contributed by atoms with Crippen LogP contribution in [0.15, 0.2) is 158 Å². The van der Waals surface area contributed by atoms with Crippen molar-refractivity contribution in [3.63, 3.8) is 0 Å². The number of nitrogens with zero attached hydrogens (tertiary/aromatic N) is 2. The molecule has 10 rings (SSSR count). The number of fused-ring (bicyclic) bond motifs is 6. The van der Waals surface area contributed by atoms with Crippen molar-refractivity contribution < 1.29 is 39.5 Å². The maximum Gasteiger partial charge on any atom is 0.418 e. The molecular formula is C54H35F9N2. The highest BCUT2D eigenvalue weighted by Gasteiger charge is 2.38. The van der Waals surface area contributed by atoms with Gasteiger partial charge < -0.3 is 9.13 Å². The van der Waals surface area contributed by atoms with Crippen LogP contribution < -0.4 is 0 Å². The molecule has 0 fully saturated rings. The molecule has 0 aliphatic rings. The van der Waals surface area contributed by atoms with Gasteiger partial charge in [0.05, 0.1) is 44.4 Å². The summed E-state index contributed by atoms with van der Waals surface area (Å²) in [6, 6.07) is 42.8. The smallest absolute Gasteiger partial charge is 0.309 e. The van der Waals surface area contributed by atoms with Crippen molar-refractivity contribution in [2.24, 2.45) is 0 Å². The van der Waals surface area contributed by atoms with Gasteiger partial charge >= 0.3 is 18.5 Å². The van der Waals surface area contributed by atoms with Gasteiger partial charge in [-0.2, -0.15) is 39.5 Å². The summed E-state index contributed by atoms with van der Waals surface area (Å²) < 4.78 is 132. The van der Waals surface area contributed by atoms with Gasteiger partial charge in [0, 0.05) is 27.2 Å². The summed E-state index contributed by atoms with van der Waals surface area (Å²) >= 11 is 0. The molecule has 0 aliphatic carbocycles. The van der Waals surface area contributed by atoms with E-state index in [9.17, 15) is 26.3 Å². The molecule has 0 spiro atoms. The van der Waals surface area contributed by atoms with E-state index in [-0.39, 0.29) is 22.9 Å². The molecule has 2 aromatic heterocycles. The van der Waals surface area contributed by atoms with E-state index in [1.807, 2.05) is 98.1 Å². The average Bonchev–Trinajstić information content (AvgIpc) is 3.77. The number of rotatable bonds is 5. The van der Waals surface area contributed by atoms with Crippen LogP contribution in [-0.4, -0.2) is 9.13 Å². The molecule has 324 valence electrons. The molecule has 0 N–H and O–H groups in total. The van der Waals surface area contributed by atoms with Crippen LogP contribution in [0.4, 0.5) is 39.5 Å². The van der Waals surface area contributed by atoms with E-state index in [0.717, 1.165) is 44.7 Å². The summed E-state index contributed by atoms with van der Waals surface area (Å²) in [5.74, 6) is 0. The Balaban J connectivity index is 1.14. The maximum atomic E-state index is 15.1. The number of alkyl halides is 9. The first-order valence-corrected chi connectivity index (χ1v) is 20.6. The third-order valence-electron chi connectivity index (χ3n) is 12.1. The van der Waals surface area contributed by atoms with Crippen LogP contribution in [0.3, 0.4) is 0 Å². The minimum Gasteiger partial charge on any atom is -0.309 e. The fourth-order valence-electron chi connectivity index (χ4n) is 9.25. The molecule has 0 saturated carbocycles. The summed E-state index contributed by atoms with van der Waals surface area (Å²) in [6.07, 6.45) is -14.7. The second kappa shape index (κ2) is 14.9. The van der Waals surface area contributed by atoms with Gasteiger partial charge in [-0.05, 0) is 133 Å². The Morgan fingerprint density at radius 1 is 0.323 bits per heavy atom. The summed E-state index contributed by atoms with van der Waals surface area (Å²) in [5.41, 5.74) is 5.54. The highest BCUT2D eigenvalue weighted by Crippen LogP contribution is 2.44. The van der Waals surface area contributed by atoms with Gasteiger partial charge in [0.15, 0.2) is 0 Å². The van der Waals surface area contributed by atoms with Crippen LogP contribution >= 0.6 is 0 Å². The zero-order valence-electron chi connectivity index (χ0n) is 34.8. The highest BCUT2D eigenvalue weighted by molar-refractivity contribution is 6.12. The molecule has 10 aromatic rings. The predicted molar refractivity (Wildman–Crippen MR) is 241 cm³/mol. The molecule has 0 radical (unpaired) electrons. The number of halogens is 9. The molecule has 0 bridgehead atoms. The van der Waals surface area contributed by atoms with E-state index in [1.54, 1.807) is 34.9 Å². The first kappa shape index (κ1) is 41.7. The maximum absolute atomic E-state index is 15.1. The molecule has 0 aliphatic heterocycles. The monoisotopic (exact) mass is 882 g/mol. The number of benzene rings is 8. The molecule has 0 atom stereocenters. The van der Waals surface area contributed by atoms with E-state index in [2.05, 4.69) is 18.2 Å². The SMILES string of the molecule is Cc1cc(C)cc(-c2ccc3c(c2)c2ccccc2n3-c2cc(-c3ccc(C)c(-n4c5ccccc5c5cc(-c6cc(C(F)(F)F)cc(C(F)(F)F)c6)ccc54)c3)ccc2C(F)(F)F)c1. The summed E-state index contributed by atoms with van der Waals surface area (Å²) in [5, 5.41) is 2.88. The van der Waals surface area contributed by atoms with Gasteiger partial charge in [0.1, 0.15) is 0 Å². The number of para-hydroxylation sites is 2. The Labute approximate surface area is 366 Å². The van der Waals surface area contributed by atoms with Gasteiger partial charge in [0.2, 0.25) is 0 Å². The lowest BCUT2D eigenvalue weighted by Gasteiger charge is -2.18. The lowest BCUT2D eigenvalue weighted by atomic mass is 9.97. The average molecular weight is 883 g/mol. The zero-order chi connectivity index (χ0) is 45.7. The van der Waals surface area contributed by atoms with Crippen molar-refractivity contribution in [3.05, 3.63) is 191 Å². The lowest BCUT2D eigenvalue weighted by molar-refractivity contribution is -0.143. The van der Waals surface area contributed by atoms with E-state index < -0.39 is 35.2 Å². The van der Waals surface area contributed by atoms with Crippen molar-refractivity contribution >= 4 is 43.6 Å². The Bertz CT molecular complexity index is 3490. The number of aryl methyl sites for hydroxylation is 3. The van der Waals surface area contributed by atoms with Crippen molar-refractivity contribution in [1.29, 1.82) is 0 Å². The van der Waals surface area contributed by atoms with Crippen molar-refractivity contribution in [2.75, 3.05) is 0 Å². The highest BCUT2D eigenvalue weighted by atomic mass is 19.4. The summed E-state index contributed by atoms with van der Waals surface area (Å²) in [7, 11) is 0. The van der Waals surface area contributed by atoms with Crippen LogP contribution in [0.5, 0.6) is 0 Å². The van der Waals surface area contributed by atoms with Crippen molar-refractivity contribution in [1.82, 2.24) is 9.13 Å². The Hall–Kier alpha value is -7.27. The first-order chi connectivity index (χ1) is 30.8. The van der Waals surface area contributed by atoms with Crippen molar-refractivity contribution in [2.45, 2.75) is 39.3 Å². The van der Waals surface area contributed by atoms with Gasteiger partial charge in [-0.15, -0.1) is 0 Å². The van der Waals surface area contributed by atoms with E-state index >= 15 is 13.2 Å². The van der Waals surface area contributed by atoms with Gasteiger partial charge in [-0.1, -0.05) is 96.1 Å². The van der Waals surface area contributed by atoms with Gasteiger partial charge in [-0.3, -0.25) is 0 Å². The van der Waals surface area contributed by atoms with E-state index in [0.29, 0.717) is 61.8 Å². The van der Waals surface area contributed by atoms with Crippen molar-refractivity contribution in [3.8, 4) is 44.8 Å². The van der Waals surface area contributed by atoms with Crippen LogP contribution in [0.25, 0.3) is 88.4 Å². The molecule has 11 heteroatoms. The second-order valence-electron chi connectivity index (χ2n) is 16.6. The van der Waals surface area contributed by atoms with Crippen LogP contribution in [-0.2, 0) is 18.5 Å². The summed E-state index contributed by atoms with van der Waals surface area (Å²) in [4.78, 5) is 0. The lowest BCUT2D eigenvalue weighted by Crippen LogP contribution is -2.11. The minimum atomic E-state index is -5.01. The fraction of sp³-hybridized carbons (Fsp3) is 0.111. The van der Waals surface area contributed by atoms with E-state index in [1.165, 1.54) is 12.1 Å². The molecule has 65 heavy (non-hydrogen) atoms. The van der Waals surface area contributed by atoms with Crippen LogP contribution in [0.2, 0.25) is 0 Å². The van der Waals surface area contributed by atoms with Gasteiger partial charge in [-0.25, -0.2) is 0 Å². The molecular weight excluding hydrogens is 848 g/mol. The molecule has 0 saturated heterocycles. The standard InChI is InChI=1S/C54H35F9N2/c1-30-20-31(2)22-37(21-30)33-15-19-49-44(25-33)42-9-5-7-11-47(42)65(49)51-28-36(14-17-45(51)54(61,62)63)35-13-12-32(3)50(27-35)64-46-10-6-4-8-41(46)43-26-34(16-18-48(43)64)38-23-39(52(55,56)57)29-40(24-38)53(58,59)60/h4-29H,1-3H3. The number of aromatic nitrogens is 2. The predicted octanol–water partition coefficient (Wildman–Crippen LogP) is 16.9. The normalized spacial score (nSPS) is 12.6. The second-order valence-corrected chi connectivity index (χ2v) is 16.6. The fourth-order valence-corrected chi connectivity index (χ4v) is 9.25. The molecule has 2 nitrogen and oxygen atoms in total. The third-order valence-corrected chi connectivity index (χ3v) is 12.1. The molecule has 0 unspecified atom stereocenters. The van der Waals surface area contributed by atoms with Crippen LogP contribution in [0, 0.1) is 20.8 Å². The Morgan fingerprint density at radius 3 is 1.25 bits per heavy atom. The zero-order valence-corrected chi connectivity index (χ0v) is 34.8. The molecule has 0 amide bonds.